The van der Waals surface area contributed by atoms with Crippen LogP contribution in [-0.2, 0) is 14.8 Å². The number of hydrogen-bond donors (Lipinski definition) is 2. The summed E-state index contributed by atoms with van der Waals surface area (Å²) in [6, 6.07) is 9.49. The Hall–Kier alpha value is -1.67. The van der Waals surface area contributed by atoms with Gasteiger partial charge in [-0.3, -0.25) is 4.79 Å². The van der Waals surface area contributed by atoms with Crippen LogP contribution in [0, 0.1) is 0 Å². The lowest BCUT2D eigenvalue weighted by molar-refractivity contribution is -0.120. The van der Waals surface area contributed by atoms with E-state index in [1.807, 2.05) is 0 Å². The number of nitrogens with two attached hydrogens (primary N) is 1. The maximum Gasteiger partial charge on any atom is 0.243 e. The maximum absolute atomic E-state index is 12.8. The van der Waals surface area contributed by atoms with E-state index >= 15 is 0 Å². The third kappa shape index (κ3) is 3.18. The zero-order chi connectivity index (χ0) is 16.6. The van der Waals surface area contributed by atoms with Crippen molar-refractivity contribution in [3.05, 3.63) is 41.4 Å². The average molecular weight is 354 g/mol. The number of benzene rings is 2. The lowest BCUT2D eigenvalue weighted by Crippen LogP contribution is -2.57. The van der Waals surface area contributed by atoms with Gasteiger partial charge in [0.05, 0.1) is 4.90 Å². The molecule has 3 N–H and O–H groups in total. The van der Waals surface area contributed by atoms with E-state index < -0.39 is 22.0 Å². The molecule has 1 aliphatic rings. The highest BCUT2D eigenvalue weighted by Crippen LogP contribution is 2.25. The van der Waals surface area contributed by atoms with Gasteiger partial charge in [-0.15, -0.1) is 0 Å². The van der Waals surface area contributed by atoms with Crippen molar-refractivity contribution in [1.82, 2.24) is 9.62 Å². The number of amides is 1. The summed E-state index contributed by atoms with van der Waals surface area (Å²) in [4.78, 5) is 11.5. The summed E-state index contributed by atoms with van der Waals surface area (Å²) in [5.41, 5.74) is 5.26. The molecule has 2 aromatic carbocycles. The molecule has 0 radical (unpaired) electrons. The van der Waals surface area contributed by atoms with Gasteiger partial charge < -0.3 is 11.1 Å². The van der Waals surface area contributed by atoms with Crippen molar-refractivity contribution in [3.8, 4) is 0 Å². The minimum Gasteiger partial charge on any atom is -0.368 e. The molecule has 122 valence electrons. The van der Waals surface area contributed by atoms with Gasteiger partial charge in [0, 0.05) is 24.7 Å². The molecule has 0 aliphatic carbocycles. The Balaban J connectivity index is 1.95. The number of nitrogens with one attached hydrogen (secondary N) is 1. The van der Waals surface area contributed by atoms with E-state index in [1.165, 1.54) is 4.31 Å². The molecule has 1 amide bonds. The predicted octanol–water partition coefficient (Wildman–Crippen LogP) is 0.941. The molecule has 6 nitrogen and oxygen atoms in total. The first-order chi connectivity index (χ1) is 10.9. The number of carbonyl (C=O) groups excluding carboxylic acids is 1. The molecule has 8 heteroatoms. The van der Waals surface area contributed by atoms with Crippen LogP contribution in [0.2, 0.25) is 5.02 Å². The van der Waals surface area contributed by atoms with Crippen molar-refractivity contribution in [2.24, 2.45) is 5.73 Å². The number of fused-ring (bicyclic) bond motifs is 1. The Morgan fingerprint density at radius 2 is 1.91 bits per heavy atom. The first-order valence-electron chi connectivity index (χ1n) is 7.10. The van der Waals surface area contributed by atoms with Crippen LogP contribution in [0.25, 0.3) is 10.8 Å². The summed E-state index contributed by atoms with van der Waals surface area (Å²) >= 11 is 5.94. The quantitative estimate of drug-likeness (QED) is 0.859. The highest BCUT2D eigenvalue weighted by Gasteiger charge is 2.32. The topological polar surface area (TPSA) is 92.5 Å². The van der Waals surface area contributed by atoms with Crippen LogP contribution >= 0.6 is 11.6 Å². The minimum atomic E-state index is -3.68. The van der Waals surface area contributed by atoms with Crippen molar-refractivity contribution >= 4 is 38.3 Å². The Kier molecular flexibility index (Phi) is 4.29. The van der Waals surface area contributed by atoms with Gasteiger partial charge in [0.25, 0.3) is 0 Å². The van der Waals surface area contributed by atoms with Crippen molar-refractivity contribution in [3.63, 3.8) is 0 Å². The third-order valence-electron chi connectivity index (χ3n) is 3.89. The highest BCUT2D eigenvalue weighted by molar-refractivity contribution is 7.89. The Morgan fingerprint density at radius 1 is 1.22 bits per heavy atom. The Bertz CT molecular complexity index is 869. The lowest BCUT2D eigenvalue weighted by Gasteiger charge is -2.31. The second kappa shape index (κ2) is 6.09. The summed E-state index contributed by atoms with van der Waals surface area (Å²) in [5, 5.41) is 5.17. The molecule has 1 aliphatic heterocycles. The first-order valence-corrected chi connectivity index (χ1v) is 8.92. The molecule has 1 heterocycles. The van der Waals surface area contributed by atoms with Crippen molar-refractivity contribution in [2.45, 2.75) is 10.9 Å². The van der Waals surface area contributed by atoms with E-state index in [2.05, 4.69) is 5.32 Å². The smallest absolute Gasteiger partial charge is 0.243 e. The van der Waals surface area contributed by atoms with Gasteiger partial charge >= 0.3 is 0 Å². The van der Waals surface area contributed by atoms with Gasteiger partial charge in [-0.1, -0.05) is 23.7 Å². The second-order valence-electron chi connectivity index (χ2n) is 5.43. The third-order valence-corrected chi connectivity index (χ3v) is 5.99. The SMILES string of the molecule is NC(=O)C1CN(S(=O)(=O)c2ccc3cc(Cl)ccc3c2)CCN1. The Labute approximate surface area is 139 Å². The molecule has 2 aromatic rings. The second-order valence-corrected chi connectivity index (χ2v) is 7.80. The molecule has 0 saturated carbocycles. The number of primary amides is 1. The van der Waals surface area contributed by atoms with Crippen LogP contribution in [0.5, 0.6) is 0 Å². The fourth-order valence-corrected chi connectivity index (χ4v) is 4.31. The van der Waals surface area contributed by atoms with Crippen LogP contribution in [0.4, 0.5) is 0 Å². The summed E-state index contributed by atoms with van der Waals surface area (Å²) in [6.07, 6.45) is 0. The number of halogens is 1. The van der Waals surface area contributed by atoms with Gasteiger partial charge in [-0.05, 0) is 35.0 Å². The van der Waals surface area contributed by atoms with E-state index in [1.54, 1.807) is 36.4 Å². The fraction of sp³-hybridized carbons (Fsp3) is 0.267. The van der Waals surface area contributed by atoms with Gasteiger partial charge in [0.2, 0.25) is 15.9 Å². The summed E-state index contributed by atoms with van der Waals surface area (Å²) in [7, 11) is -3.68. The molecular weight excluding hydrogens is 338 g/mol. The molecule has 1 unspecified atom stereocenters. The van der Waals surface area contributed by atoms with Crippen LogP contribution in [0.15, 0.2) is 41.3 Å². The highest BCUT2D eigenvalue weighted by atomic mass is 35.5. The standard InChI is InChI=1S/C15H16ClN3O3S/c16-12-3-1-11-8-13(4-2-10(11)7-12)23(21,22)19-6-5-18-14(9-19)15(17)20/h1-4,7-8,14,18H,5-6,9H2,(H2,17,20). The average Bonchev–Trinajstić information content (AvgIpc) is 2.54. The number of sulfonamides is 1. The van der Waals surface area contributed by atoms with Crippen molar-refractivity contribution in [1.29, 1.82) is 0 Å². The predicted molar refractivity (Wildman–Crippen MR) is 88.7 cm³/mol. The summed E-state index contributed by atoms with van der Waals surface area (Å²) in [6.45, 7) is 0.719. The van der Waals surface area contributed by atoms with Crippen LogP contribution < -0.4 is 11.1 Å². The van der Waals surface area contributed by atoms with E-state index in [4.69, 9.17) is 17.3 Å². The zero-order valence-electron chi connectivity index (χ0n) is 12.2. The lowest BCUT2D eigenvalue weighted by atomic mass is 10.1. The minimum absolute atomic E-state index is 0.0380. The van der Waals surface area contributed by atoms with Gasteiger partial charge in [0.15, 0.2) is 0 Å². The van der Waals surface area contributed by atoms with E-state index in [0.29, 0.717) is 18.1 Å². The van der Waals surface area contributed by atoms with Crippen LogP contribution in [-0.4, -0.2) is 44.3 Å². The molecule has 1 fully saturated rings. The number of nitrogens with zero attached hydrogens (tertiary/aromatic N) is 1. The first kappa shape index (κ1) is 16.2. The maximum atomic E-state index is 12.8. The molecular formula is C15H16ClN3O3S. The van der Waals surface area contributed by atoms with Crippen LogP contribution in [0.3, 0.4) is 0 Å². The van der Waals surface area contributed by atoms with E-state index in [-0.39, 0.29) is 11.4 Å². The molecule has 3 rings (SSSR count). The summed E-state index contributed by atoms with van der Waals surface area (Å²) in [5.74, 6) is -0.557. The molecule has 0 spiro atoms. The fourth-order valence-electron chi connectivity index (χ4n) is 2.64. The van der Waals surface area contributed by atoms with E-state index in [0.717, 1.165) is 10.8 Å². The van der Waals surface area contributed by atoms with Gasteiger partial charge in [-0.2, -0.15) is 4.31 Å². The number of carbonyl (C=O) groups is 1. The number of piperazine rings is 1. The van der Waals surface area contributed by atoms with E-state index in [9.17, 15) is 13.2 Å². The van der Waals surface area contributed by atoms with Crippen molar-refractivity contribution < 1.29 is 13.2 Å². The monoisotopic (exact) mass is 353 g/mol. The molecule has 23 heavy (non-hydrogen) atoms. The largest absolute Gasteiger partial charge is 0.368 e. The normalized spacial score (nSPS) is 19.8. The molecule has 1 saturated heterocycles. The zero-order valence-corrected chi connectivity index (χ0v) is 13.8. The van der Waals surface area contributed by atoms with Gasteiger partial charge in [-0.25, -0.2) is 8.42 Å². The van der Waals surface area contributed by atoms with Crippen LogP contribution in [0.1, 0.15) is 0 Å². The number of hydrogen-bond acceptors (Lipinski definition) is 4. The number of rotatable bonds is 3. The molecule has 0 bridgehead atoms. The van der Waals surface area contributed by atoms with Gasteiger partial charge in [0.1, 0.15) is 6.04 Å². The molecule has 0 aromatic heterocycles. The molecule has 1 atom stereocenters. The Morgan fingerprint density at radius 3 is 2.65 bits per heavy atom. The van der Waals surface area contributed by atoms with Crippen molar-refractivity contribution in [2.75, 3.05) is 19.6 Å². The summed E-state index contributed by atoms with van der Waals surface area (Å²) < 4.78 is 26.9.